The maximum atomic E-state index is 12.1. The zero-order chi connectivity index (χ0) is 14.8. The maximum absolute atomic E-state index is 12.1. The lowest BCUT2D eigenvalue weighted by Crippen LogP contribution is -2.28. The zero-order valence-electron chi connectivity index (χ0n) is 12.0. The van der Waals surface area contributed by atoms with Crippen LogP contribution in [0.5, 0.6) is 0 Å². The largest absolute Gasteiger partial charge is 0.337 e. The second-order valence-corrected chi connectivity index (χ2v) is 5.25. The number of Topliss-reactive ketones (excluding diaryl/α,β-unsaturated/α-hetero) is 1. The van der Waals surface area contributed by atoms with Crippen molar-refractivity contribution in [2.75, 3.05) is 0 Å². The van der Waals surface area contributed by atoms with E-state index >= 15 is 0 Å². The Bertz CT molecular complexity index is 730. The lowest BCUT2D eigenvalue weighted by molar-refractivity contribution is 0.0970. The molecule has 110 valence electrons. The maximum Gasteiger partial charge on any atom is 0.251 e. The van der Waals surface area contributed by atoms with Crippen LogP contribution in [0.2, 0.25) is 0 Å². The van der Waals surface area contributed by atoms with Crippen LogP contribution in [0, 0.1) is 0 Å². The number of hydrogen-bond donors (Lipinski definition) is 0. The van der Waals surface area contributed by atoms with Crippen LogP contribution in [0.15, 0.2) is 21.5 Å². The van der Waals surface area contributed by atoms with Gasteiger partial charge in [0, 0.05) is 30.2 Å². The molecule has 1 aliphatic rings. The Balaban J connectivity index is 1.96. The first-order chi connectivity index (χ1) is 10.2. The predicted octanol–water partition coefficient (Wildman–Crippen LogP) is 1.75. The summed E-state index contributed by atoms with van der Waals surface area (Å²) in [6.45, 7) is 2.27. The molecule has 0 bridgehead atoms. The molecule has 21 heavy (non-hydrogen) atoms. The van der Waals surface area contributed by atoms with E-state index in [0.717, 1.165) is 31.4 Å². The average molecular weight is 287 g/mol. The van der Waals surface area contributed by atoms with Crippen molar-refractivity contribution in [2.24, 2.45) is 0 Å². The Morgan fingerprint density at radius 3 is 2.95 bits per heavy atom. The van der Waals surface area contributed by atoms with Crippen molar-refractivity contribution in [1.82, 2.24) is 14.7 Å². The van der Waals surface area contributed by atoms with Crippen LogP contribution in [0.1, 0.15) is 54.0 Å². The Kier molecular flexibility index (Phi) is 3.68. The third kappa shape index (κ3) is 2.66. The Labute approximate surface area is 121 Å². The van der Waals surface area contributed by atoms with Crippen LogP contribution < -0.4 is 5.56 Å². The number of aryl methyl sites for hydroxylation is 1. The molecule has 0 spiro atoms. The molecule has 0 fully saturated rings. The lowest BCUT2D eigenvalue weighted by Gasteiger charge is -2.18. The topological polar surface area (TPSA) is 78.0 Å². The summed E-state index contributed by atoms with van der Waals surface area (Å²) in [4.78, 5) is 28.3. The van der Waals surface area contributed by atoms with Gasteiger partial charge in [0.1, 0.15) is 6.54 Å². The van der Waals surface area contributed by atoms with E-state index in [0.29, 0.717) is 23.7 Å². The van der Waals surface area contributed by atoms with Gasteiger partial charge in [0.15, 0.2) is 11.6 Å². The minimum absolute atomic E-state index is 0.0993. The van der Waals surface area contributed by atoms with Crippen molar-refractivity contribution in [2.45, 2.75) is 45.6 Å². The minimum atomic E-state index is -0.140. The fourth-order valence-corrected chi connectivity index (χ4v) is 2.68. The van der Waals surface area contributed by atoms with Crippen LogP contribution in [0.25, 0.3) is 0 Å². The van der Waals surface area contributed by atoms with Gasteiger partial charge in [0.05, 0.1) is 0 Å². The number of carbonyl (C=O) groups excluding carboxylic acids is 1. The van der Waals surface area contributed by atoms with Gasteiger partial charge >= 0.3 is 0 Å². The SMILES string of the molecule is CCCc1noc(Cn2c3c(ccc2=O)C(=O)CCC3)n1. The summed E-state index contributed by atoms with van der Waals surface area (Å²) in [6.07, 6.45) is 3.75. The first-order valence-electron chi connectivity index (χ1n) is 7.26. The fraction of sp³-hybridized carbons (Fsp3) is 0.467. The summed E-state index contributed by atoms with van der Waals surface area (Å²) in [6, 6.07) is 3.07. The number of rotatable bonds is 4. The summed E-state index contributed by atoms with van der Waals surface area (Å²) in [5.41, 5.74) is 1.29. The molecule has 2 heterocycles. The molecule has 6 nitrogen and oxygen atoms in total. The molecule has 0 amide bonds. The van der Waals surface area contributed by atoms with E-state index in [1.165, 1.54) is 6.07 Å². The Morgan fingerprint density at radius 2 is 2.14 bits per heavy atom. The number of ketones is 1. The third-order valence-corrected chi connectivity index (χ3v) is 3.69. The van der Waals surface area contributed by atoms with Crippen molar-refractivity contribution >= 4 is 5.78 Å². The van der Waals surface area contributed by atoms with E-state index < -0.39 is 0 Å². The van der Waals surface area contributed by atoms with Crippen molar-refractivity contribution in [1.29, 1.82) is 0 Å². The van der Waals surface area contributed by atoms with E-state index in [9.17, 15) is 9.59 Å². The second-order valence-electron chi connectivity index (χ2n) is 5.25. The van der Waals surface area contributed by atoms with Crippen LogP contribution >= 0.6 is 0 Å². The number of fused-ring (bicyclic) bond motifs is 1. The molecule has 0 saturated carbocycles. The molecule has 3 rings (SSSR count). The van der Waals surface area contributed by atoms with Crippen molar-refractivity contribution in [3.8, 4) is 0 Å². The van der Waals surface area contributed by atoms with Gasteiger partial charge in [-0.2, -0.15) is 4.98 Å². The molecule has 0 aromatic carbocycles. The summed E-state index contributed by atoms with van der Waals surface area (Å²) in [5.74, 6) is 1.16. The highest BCUT2D eigenvalue weighted by atomic mass is 16.5. The van der Waals surface area contributed by atoms with Gasteiger partial charge in [-0.25, -0.2) is 0 Å². The van der Waals surface area contributed by atoms with E-state index in [1.807, 2.05) is 6.92 Å². The van der Waals surface area contributed by atoms with E-state index in [-0.39, 0.29) is 17.9 Å². The number of aromatic nitrogens is 3. The number of carbonyl (C=O) groups is 1. The van der Waals surface area contributed by atoms with Crippen LogP contribution in [-0.4, -0.2) is 20.5 Å². The predicted molar refractivity (Wildman–Crippen MR) is 75.4 cm³/mol. The molecular formula is C15H17N3O3. The molecule has 0 atom stereocenters. The standard InChI is InChI=1S/C15H17N3O3/c1-2-4-13-16-14(21-17-13)9-18-11-5-3-6-12(19)10(11)7-8-15(18)20/h7-8H,2-6,9H2,1H3. The van der Waals surface area contributed by atoms with Crippen molar-refractivity contribution in [3.63, 3.8) is 0 Å². The first-order valence-corrected chi connectivity index (χ1v) is 7.26. The Morgan fingerprint density at radius 1 is 1.29 bits per heavy atom. The number of pyridine rings is 1. The molecule has 2 aromatic heterocycles. The van der Waals surface area contributed by atoms with Crippen LogP contribution in [0.4, 0.5) is 0 Å². The molecule has 0 saturated heterocycles. The third-order valence-electron chi connectivity index (χ3n) is 3.69. The van der Waals surface area contributed by atoms with Gasteiger partial charge in [-0.15, -0.1) is 0 Å². The number of hydrogen-bond acceptors (Lipinski definition) is 5. The highest BCUT2D eigenvalue weighted by molar-refractivity contribution is 5.97. The van der Waals surface area contributed by atoms with Crippen molar-refractivity contribution < 1.29 is 9.32 Å². The Hall–Kier alpha value is -2.24. The van der Waals surface area contributed by atoms with Gasteiger partial charge in [0.25, 0.3) is 5.56 Å². The summed E-state index contributed by atoms with van der Waals surface area (Å²) < 4.78 is 6.77. The average Bonchev–Trinajstić information content (AvgIpc) is 2.90. The smallest absolute Gasteiger partial charge is 0.251 e. The summed E-state index contributed by atoms with van der Waals surface area (Å²) >= 11 is 0. The molecule has 6 heteroatoms. The van der Waals surface area contributed by atoms with Crippen LogP contribution in [-0.2, 0) is 19.4 Å². The fourth-order valence-electron chi connectivity index (χ4n) is 2.68. The first kappa shape index (κ1) is 13.7. The number of nitrogens with zero attached hydrogens (tertiary/aromatic N) is 3. The second kappa shape index (κ2) is 5.63. The minimum Gasteiger partial charge on any atom is -0.337 e. The molecule has 0 N–H and O–H groups in total. The zero-order valence-corrected chi connectivity index (χ0v) is 12.0. The van der Waals surface area contributed by atoms with E-state index in [2.05, 4.69) is 10.1 Å². The molecule has 0 aliphatic heterocycles. The van der Waals surface area contributed by atoms with Gasteiger partial charge < -0.3 is 9.09 Å². The monoisotopic (exact) mass is 287 g/mol. The summed E-state index contributed by atoms with van der Waals surface area (Å²) in [5, 5.41) is 3.89. The lowest BCUT2D eigenvalue weighted by atomic mass is 9.94. The van der Waals surface area contributed by atoms with Gasteiger partial charge in [0.2, 0.25) is 5.89 Å². The quantitative estimate of drug-likeness (QED) is 0.856. The summed E-state index contributed by atoms with van der Waals surface area (Å²) in [7, 11) is 0. The molecule has 2 aromatic rings. The normalized spacial score (nSPS) is 14.2. The van der Waals surface area contributed by atoms with Crippen LogP contribution in [0.3, 0.4) is 0 Å². The molecular weight excluding hydrogens is 270 g/mol. The van der Waals surface area contributed by atoms with E-state index in [4.69, 9.17) is 4.52 Å². The van der Waals surface area contributed by atoms with E-state index in [1.54, 1.807) is 10.6 Å². The van der Waals surface area contributed by atoms with Gasteiger partial charge in [-0.05, 0) is 25.3 Å². The van der Waals surface area contributed by atoms with Gasteiger partial charge in [-0.1, -0.05) is 12.1 Å². The highest BCUT2D eigenvalue weighted by Gasteiger charge is 2.21. The van der Waals surface area contributed by atoms with Crippen molar-refractivity contribution in [3.05, 3.63) is 45.5 Å². The highest BCUT2D eigenvalue weighted by Crippen LogP contribution is 2.20. The molecule has 0 radical (unpaired) electrons. The van der Waals surface area contributed by atoms with Gasteiger partial charge in [-0.3, -0.25) is 9.59 Å². The molecule has 1 aliphatic carbocycles. The molecule has 0 unspecified atom stereocenters.